The van der Waals surface area contributed by atoms with Gasteiger partial charge in [-0.1, -0.05) is 60.2 Å². The van der Waals surface area contributed by atoms with Crippen LogP contribution < -0.4 is 5.32 Å². The number of aryl methyl sites for hydroxylation is 2. The van der Waals surface area contributed by atoms with Crippen LogP contribution in [0, 0.1) is 6.92 Å². The van der Waals surface area contributed by atoms with E-state index in [4.69, 9.17) is 0 Å². The molecule has 0 bridgehead atoms. The molecule has 138 valence electrons. The van der Waals surface area contributed by atoms with Gasteiger partial charge in [0.2, 0.25) is 11.8 Å². The Labute approximate surface area is 156 Å². The molecule has 0 saturated carbocycles. The van der Waals surface area contributed by atoms with Crippen molar-refractivity contribution in [3.63, 3.8) is 0 Å². The summed E-state index contributed by atoms with van der Waals surface area (Å²) in [6.07, 6.45) is 2.24. The van der Waals surface area contributed by atoms with Gasteiger partial charge in [0.1, 0.15) is 0 Å². The fourth-order valence-corrected chi connectivity index (χ4v) is 2.95. The van der Waals surface area contributed by atoms with E-state index in [1.54, 1.807) is 11.8 Å². The van der Waals surface area contributed by atoms with Crippen molar-refractivity contribution < 1.29 is 9.59 Å². The average molecular weight is 352 g/mol. The maximum atomic E-state index is 12.1. The summed E-state index contributed by atoms with van der Waals surface area (Å²) in [5.41, 5.74) is 3.44. The highest BCUT2D eigenvalue weighted by molar-refractivity contribution is 5.78. The molecule has 4 nitrogen and oxygen atoms in total. The zero-order valence-electron chi connectivity index (χ0n) is 15.7. The molecule has 0 spiro atoms. The van der Waals surface area contributed by atoms with Crippen LogP contribution in [0.4, 0.5) is 0 Å². The number of nitrogens with one attached hydrogen (secondary N) is 1. The van der Waals surface area contributed by atoms with Gasteiger partial charge in [0, 0.05) is 26.6 Å². The lowest BCUT2D eigenvalue weighted by Gasteiger charge is -2.21. The second-order valence-corrected chi connectivity index (χ2v) is 6.61. The second kappa shape index (κ2) is 10.4. The van der Waals surface area contributed by atoms with Gasteiger partial charge in [0.05, 0.1) is 6.42 Å². The summed E-state index contributed by atoms with van der Waals surface area (Å²) in [6, 6.07) is 18.2. The normalized spacial score (nSPS) is 10.4. The Balaban J connectivity index is 1.70. The standard InChI is InChI=1S/C22H28N2O2/c1-18-8-6-11-21(16-18)17-22(26)23-13-15-24(19(2)25)14-7-12-20-9-4-3-5-10-20/h3-6,8-11,16H,7,12-15,17H2,1-2H3,(H,23,26). The van der Waals surface area contributed by atoms with Gasteiger partial charge in [-0.2, -0.15) is 0 Å². The van der Waals surface area contributed by atoms with E-state index >= 15 is 0 Å². The lowest BCUT2D eigenvalue weighted by atomic mass is 10.1. The first-order valence-electron chi connectivity index (χ1n) is 9.16. The van der Waals surface area contributed by atoms with Crippen LogP contribution in [0.1, 0.15) is 30.0 Å². The summed E-state index contributed by atoms with van der Waals surface area (Å²) in [7, 11) is 0. The summed E-state index contributed by atoms with van der Waals surface area (Å²) in [5, 5.41) is 2.91. The predicted molar refractivity (Wildman–Crippen MR) is 105 cm³/mol. The highest BCUT2D eigenvalue weighted by Gasteiger charge is 2.09. The number of amides is 2. The highest BCUT2D eigenvalue weighted by atomic mass is 16.2. The molecule has 2 rings (SSSR count). The molecular weight excluding hydrogens is 324 g/mol. The molecule has 0 saturated heterocycles. The van der Waals surface area contributed by atoms with E-state index in [0.29, 0.717) is 26.1 Å². The Morgan fingerprint density at radius 3 is 2.38 bits per heavy atom. The Kier molecular flexibility index (Phi) is 7.87. The van der Waals surface area contributed by atoms with Crippen molar-refractivity contribution in [1.82, 2.24) is 10.2 Å². The number of rotatable bonds is 9. The smallest absolute Gasteiger partial charge is 0.224 e. The van der Waals surface area contributed by atoms with Crippen molar-refractivity contribution in [2.45, 2.75) is 33.1 Å². The molecule has 0 atom stereocenters. The van der Waals surface area contributed by atoms with Crippen molar-refractivity contribution in [3.8, 4) is 0 Å². The number of carbonyl (C=O) groups is 2. The summed E-state index contributed by atoms with van der Waals surface area (Å²) < 4.78 is 0. The fourth-order valence-electron chi connectivity index (χ4n) is 2.95. The Morgan fingerprint density at radius 2 is 1.69 bits per heavy atom. The minimum Gasteiger partial charge on any atom is -0.354 e. The number of benzene rings is 2. The summed E-state index contributed by atoms with van der Waals surface area (Å²) in [6.45, 7) is 5.33. The van der Waals surface area contributed by atoms with Crippen molar-refractivity contribution in [3.05, 3.63) is 71.3 Å². The third-order valence-electron chi connectivity index (χ3n) is 4.33. The molecule has 0 unspecified atom stereocenters. The second-order valence-electron chi connectivity index (χ2n) is 6.61. The molecule has 0 aliphatic carbocycles. The van der Waals surface area contributed by atoms with Crippen LogP contribution >= 0.6 is 0 Å². The molecule has 0 aromatic heterocycles. The lowest BCUT2D eigenvalue weighted by Crippen LogP contribution is -2.38. The minimum atomic E-state index is -0.0108. The number of hydrogen-bond donors (Lipinski definition) is 1. The van der Waals surface area contributed by atoms with Crippen molar-refractivity contribution in [2.75, 3.05) is 19.6 Å². The lowest BCUT2D eigenvalue weighted by molar-refractivity contribution is -0.129. The van der Waals surface area contributed by atoms with Gasteiger partial charge in [-0.3, -0.25) is 9.59 Å². The van der Waals surface area contributed by atoms with Gasteiger partial charge < -0.3 is 10.2 Å². The zero-order valence-corrected chi connectivity index (χ0v) is 15.7. The Morgan fingerprint density at radius 1 is 0.962 bits per heavy atom. The van der Waals surface area contributed by atoms with Crippen molar-refractivity contribution in [2.24, 2.45) is 0 Å². The van der Waals surface area contributed by atoms with Crippen LogP contribution in [0.2, 0.25) is 0 Å². The van der Waals surface area contributed by atoms with Crippen LogP contribution in [-0.2, 0) is 22.4 Å². The third-order valence-corrected chi connectivity index (χ3v) is 4.33. The van der Waals surface area contributed by atoms with Crippen molar-refractivity contribution >= 4 is 11.8 Å². The van der Waals surface area contributed by atoms with Gasteiger partial charge in [0.25, 0.3) is 0 Å². The molecule has 0 fully saturated rings. The summed E-state index contributed by atoms with van der Waals surface area (Å²) in [5.74, 6) is 0.0365. The van der Waals surface area contributed by atoms with E-state index in [9.17, 15) is 9.59 Å². The van der Waals surface area contributed by atoms with Crippen LogP contribution in [0.25, 0.3) is 0 Å². The van der Waals surface area contributed by atoms with Crippen LogP contribution in [-0.4, -0.2) is 36.3 Å². The number of nitrogens with zero attached hydrogens (tertiary/aromatic N) is 1. The molecule has 0 heterocycles. The highest BCUT2D eigenvalue weighted by Crippen LogP contribution is 2.05. The first kappa shape index (κ1) is 19.7. The molecule has 2 aromatic carbocycles. The van der Waals surface area contributed by atoms with E-state index in [0.717, 1.165) is 24.0 Å². The van der Waals surface area contributed by atoms with Crippen LogP contribution in [0.15, 0.2) is 54.6 Å². The van der Waals surface area contributed by atoms with Crippen LogP contribution in [0.3, 0.4) is 0 Å². The van der Waals surface area contributed by atoms with Gasteiger partial charge in [-0.05, 0) is 30.9 Å². The minimum absolute atomic E-state index is 0.0108. The maximum Gasteiger partial charge on any atom is 0.224 e. The fraction of sp³-hybridized carbons (Fsp3) is 0.364. The molecule has 2 amide bonds. The molecule has 1 N–H and O–H groups in total. The van der Waals surface area contributed by atoms with Gasteiger partial charge in [-0.15, -0.1) is 0 Å². The van der Waals surface area contributed by atoms with Gasteiger partial charge >= 0.3 is 0 Å². The van der Waals surface area contributed by atoms with Crippen molar-refractivity contribution in [1.29, 1.82) is 0 Å². The summed E-state index contributed by atoms with van der Waals surface area (Å²) >= 11 is 0. The quantitative estimate of drug-likeness (QED) is 0.754. The first-order valence-corrected chi connectivity index (χ1v) is 9.16. The predicted octanol–water partition coefficient (Wildman–Crippen LogP) is 3.14. The van der Waals surface area contributed by atoms with E-state index in [1.165, 1.54) is 5.56 Å². The Bertz CT molecular complexity index is 713. The molecule has 0 radical (unpaired) electrons. The molecule has 0 aliphatic heterocycles. The summed E-state index contributed by atoms with van der Waals surface area (Å²) in [4.78, 5) is 25.7. The van der Waals surface area contributed by atoms with E-state index in [2.05, 4.69) is 17.4 Å². The van der Waals surface area contributed by atoms with E-state index in [-0.39, 0.29) is 11.8 Å². The Hall–Kier alpha value is -2.62. The SMILES string of the molecule is CC(=O)N(CCCc1ccccc1)CCNC(=O)Cc1cccc(C)c1. The van der Waals surface area contributed by atoms with Crippen LogP contribution in [0.5, 0.6) is 0 Å². The van der Waals surface area contributed by atoms with E-state index < -0.39 is 0 Å². The molecule has 26 heavy (non-hydrogen) atoms. The number of hydrogen-bond acceptors (Lipinski definition) is 2. The van der Waals surface area contributed by atoms with E-state index in [1.807, 2.05) is 49.4 Å². The molecule has 4 heteroatoms. The average Bonchev–Trinajstić information content (AvgIpc) is 2.61. The topological polar surface area (TPSA) is 49.4 Å². The first-order chi connectivity index (χ1) is 12.5. The molecule has 0 aliphatic rings. The maximum absolute atomic E-state index is 12.1. The molecule has 2 aromatic rings. The monoisotopic (exact) mass is 352 g/mol. The largest absolute Gasteiger partial charge is 0.354 e. The molecular formula is C22H28N2O2. The number of carbonyl (C=O) groups excluding carboxylic acids is 2. The van der Waals surface area contributed by atoms with Gasteiger partial charge in [-0.25, -0.2) is 0 Å². The third kappa shape index (κ3) is 7.09. The van der Waals surface area contributed by atoms with Gasteiger partial charge in [0.15, 0.2) is 0 Å². The zero-order chi connectivity index (χ0) is 18.8.